The Morgan fingerprint density at radius 3 is 2.32 bits per heavy atom. The highest BCUT2D eigenvalue weighted by atomic mass is 16.7. The average Bonchev–Trinajstić information content (AvgIpc) is 2.88. The maximum atomic E-state index is 10.3. The zero-order valence-electron chi connectivity index (χ0n) is 14.4. The van der Waals surface area contributed by atoms with Gasteiger partial charge < -0.3 is 20.3 Å². The summed E-state index contributed by atoms with van der Waals surface area (Å²) >= 11 is 0. The van der Waals surface area contributed by atoms with Crippen LogP contribution in [0.2, 0.25) is 0 Å². The monoisotopic (exact) mass is 336 g/mol. The molecule has 0 fully saturated rings. The van der Waals surface area contributed by atoms with E-state index in [0.29, 0.717) is 28.4 Å². The fraction of sp³-hybridized carbons (Fsp3) is 0.250. The first-order valence-corrected chi connectivity index (χ1v) is 8.17. The van der Waals surface area contributed by atoms with E-state index in [2.05, 4.69) is 4.98 Å². The van der Waals surface area contributed by atoms with Crippen molar-refractivity contribution in [3.05, 3.63) is 59.8 Å². The maximum Gasteiger partial charge on any atom is 0.275 e. The molecule has 0 spiro atoms. The topological polar surface area (TPSA) is 77.6 Å². The van der Waals surface area contributed by atoms with Crippen molar-refractivity contribution in [1.82, 2.24) is 4.98 Å². The van der Waals surface area contributed by atoms with E-state index in [9.17, 15) is 5.11 Å². The van der Waals surface area contributed by atoms with E-state index in [1.807, 2.05) is 49.4 Å². The number of pyridine rings is 1. The van der Waals surface area contributed by atoms with E-state index >= 15 is 0 Å². The molecule has 25 heavy (non-hydrogen) atoms. The summed E-state index contributed by atoms with van der Waals surface area (Å²) in [6.07, 6.45) is 0. The zero-order chi connectivity index (χ0) is 17.8. The molecule has 128 valence electrons. The quantitative estimate of drug-likeness (QED) is 0.746. The number of nitrogens with zero attached hydrogens (tertiary/aromatic N) is 1. The number of anilines is 1. The molecular weight excluding hydrogens is 316 g/mol. The molecule has 1 atom stereocenters. The lowest BCUT2D eigenvalue weighted by atomic mass is 10.0. The smallest absolute Gasteiger partial charge is 0.275 e. The molecule has 0 saturated heterocycles. The number of aromatic nitrogens is 1. The third-order valence-electron chi connectivity index (χ3n) is 4.40. The largest absolute Gasteiger partial charge is 0.445 e. The highest BCUT2D eigenvalue weighted by Crippen LogP contribution is 2.46. The minimum atomic E-state index is -1.12. The van der Waals surface area contributed by atoms with Crippen LogP contribution in [0.3, 0.4) is 0 Å². The van der Waals surface area contributed by atoms with Crippen LogP contribution >= 0.6 is 0 Å². The van der Waals surface area contributed by atoms with Gasteiger partial charge in [-0.05, 0) is 26.0 Å². The predicted octanol–water partition coefficient (Wildman–Crippen LogP) is 3.69. The van der Waals surface area contributed by atoms with Crippen molar-refractivity contribution in [2.45, 2.75) is 32.2 Å². The van der Waals surface area contributed by atoms with Crippen molar-refractivity contribution in [3.63, 3.8) is 0 Å². The van der Waals surface area contributed by atoms with Gasteiger partial charge in [0, 0.05) is 23.9 Å². The second-order valence-electron chi connectivity index (χ2n) is 6.99. The number of hydrogen-bond acceptors (Lipinski definition) is 5. The Kier molecular flexibility index (Phi) is 3.21. The summed E-state index contributed by atoms with van der Waals surface area (Å²) in [5, 5.41) is 11.1. The Morgan fingerprint density at radius 1 is 1.04 bits per heavy atom. The van der Waals surface area contributed by atoms with Gasteiger partial charge in [0.25, 0.3) is 5.79 Å². The highest BCUT2D eigenvalue weighted by Gasteiger charge is 2.39. The van der Waals surface area contributed by atoms with Crippen molar-refractivity contribution in [2.24, 2.45) is 0 Å². The minimum absolute atomic E-state index is 0.449. The van der Waals surface area contributed by atoms with Crippen molar-refractivity contribution < 1.29 is 14.6 Å². The molecule has 2 aromatic carbocycles. The first-order chi connectivity index (χ1) is 11.8. The summed E-state index contributed by atoms with van der Waals surface area (Å²) in [6.45, 7) is 5.21. The Bertz CT molecular complexity index is 964. The molecule has 3 N–H and O–H groups in total. The summed E-state index contributed by atoms with van der Waals surface area (Å²) in [4.78, 5) is 4.53. The van der Waals surface area contributed by atoms with Crippen LogP contribution in [-0.4, -0.2) is 10.1 Å². The van der Waals surface area contributed by atoms with Crippen molar-refractivity contribution in [1.29, 1.82) is 0 Å². The van der Waals surface area contributed by atoms with Crippen LogP contribution < -0.4 is 15.2 Å². The number of nitrogens with two attached hydrogens (primary N) is 1. The molecule has 5 nitrogen and oxygen atoms in total. The SMILES string of the molecule is CC(C)(O)c1nc2cc3c(cc2cc1N)OC(C)(c1ccccc1)O3. The molecule has 0 bridgehead atoms. The van der Waals surface area contributed by atoms with Crippen molar-refractivity contribution in [3.8, 4) is 11.5 Å². The van der Waals surface area contributed by atoms with E-state index in [1.54, 1.807) is 19.9 Å². The van der Waals surface area contributed by atoms with Crippen molar-refractivity contribution in [2.75, 3.05) is 5.73 Å². The van der Waals surface area contributed by atoms with Crippen LogP contribution in [-0.2, 0) is 11.4 Å². The molecule has 0 radical (unpaired) electrons. The molecule has 4 rings (SSSR count). The zero-order valence-corrected chi connectivity index (χ0v) is 14.4. The van der Waals surface area contributed by atoms with Gasteiger partial charge in [-0.3, -0.25) is 0 Å². The fourth-order valence-corrected chi connectivity index (χ4v) is 3.15. The maximum absolute atomic E-state index is 10.3. The lowest BCUT2D eigenvalue weighted by Crippen LogP contribution is -2.31. The molecule has 1 unspecified atom stereocenters. The van der Waals surface area contributed by atoms with Crippen LogP contribution in [0.1, 0.15) is 32.0 Å². The summed E-state index contributed by atoms with van der Waals surface area (Å²) in [6, 6.07) is 15.3. The molecule has 0 amide bonds. The van der Waals surface area contributed by atoms with Gasteiger partial charge in [0.2, 0.25) is 0 Å². The lowest BCUT2D eigenvalue weighted by Gasteiger charge is -2.23. The van der Waals surface area contributed by atoms with Crippen LogP contribution in [0.4, 0.5) is 5.69 Å². The second-order valence-corrected chi connectivity index (χ2v) is 6.99. The molecule has 2 heterocycles. The van der Waals surface area contributed by atoms with Crippen molar-refractivity contribution >= 4 is 16.6 Å². The van der Waals surface area contributed by atoms with Gasteiger partial charge in [-0.15, -0.1) is 0 Å². The second kappa shape index (κ2) is 5.10. The van der Waals surface area contributed by atoms with E-state index in [0.717, 1.165) is 10.9 Å². The molecule has 1 aliphatic rings. The molecule has 1 aromatic heterocycles. The Balaban J connectivity index is 1.81. The van der Waals surface area contributed by atoms with Crippen LogP contribution in [0.5, 0.6) is 11.5 Å². The first-order valence-electron chi connectivity index (χ1n) is 8.17. The number of nitrogen functional groups attached to an aromatic ring is 1. The Labute approximate surface area is 146 Å². The highest BCUT2D eigenvalue weighted by molar-refractivity contribution is 5.86. The van der Waals surface area contributed by atoms with Gasteiger partial charge in [-0.2, -0.15) is 0 Å². The molecule has 1 aliphatic heterocycles. The summed E-state index contributed by atoms with van der Waals surface area (Å²) < 4.78 is 12.2. The molecular formula is C20H20N2O3. The van der Waals surface area contributed by atoms with E-state index in [4.69, 9.17) is 15.2 Å². The van der Waals surface area contributed by atoms with Gasteiger partial charge in [0.05, 0.1) is 16.9 Å². The summed E-state index contributed by atoms with van der Waals surface area (Å²) in [5.74, 6) is 0.389. The van der Waals surface area contributed by atoms with E-state index < -0.39 is 11.4 Å². The molecule has 0 aliphatic carbocycles. The Morgan fingerprint density at radius 2 is 1.68 bits per heavy atom. The standard InChI is InChI=1S/C20H20N2O3/c1-19(2,23)18-14(21)9-12-10-16-17(11-15(12)22-18)25-20(3,24-16)13-7-5-4-6-8-13/h4-11,23H,21H2,1-3H3. The number of aliphatic hydroxyl groups is 1. The normalized spacial score (nSPS) is 19.4. The first kappa shape index (κ1) is 15.7. The number of fused-ring (bicyclic) bond motifs is 2. The third kappa shape index (κ3) is 2.57. The number of benzene rings is 2. The number of hydrogen-bond donors (Lipinski definition) is 2. The van der Waals surface area contributed by atoms with Crippen LogP contribution in [0, 0.1) is 0 Å². The van der Waals surface area contributed by atoms with Gasteiger partial charge in [-0.25, -0.2) is 4.98 Å². The molecule has 3 aromatic rings. The van der Waals surface area contributed by atoms with E-state index in [-0.39, 0.29) is 0 Å². The van der Waals surface area contributed by atoms with Gasteiger partial charge in [0.1, 0.15) is 5.60 Å². The van der Waals surface area contributed by atoms with Crippen LogP contribution in [0.15, 0.2) is 48.5 Å². The minimum Gasteiger partial charge on any atom is -0.445 e. The van der Waals surface area contributed by atoms with Gasteiger partial charge >= 0.3 is 0 Å². The van der Waals surface area contributed by atoms with Gasteiger partial charge in [0.15, 0.2) is 11.5 Å². The third-order valence-corrected chi connectivity index (χ3v) is 4.40. The summed E-state index contributed by atoms with van der Waals surface area (Å²) in [7, 11) is 0. The molecule has 0 saturated carbocycles. The fourth-order valence-electron chi connectivity index (χ4n) is 3.15. The van der Waals surface area contributed by atoms with E-state index in [1.165, 1.54) is 0 Å². The molecule has 5 heteroatoms. The number of ether oxygens (including phenoxy) is 2. The Hall–Kier alpha value is -2.79. The van der Waals surface area contributed by atoms with Gasteiger partial charge in [-0.1, -0.05) is 30.3 Å². The summed E-state index contributed by atoms with van der Waals surface area (Å²) in [5.41, 5.74) is 7.48. The van der Waals surface area contributed by atoms with Crippen LogP contribution in [0.25, 0.3) is 10.9 Å². The predicted molar refractivity (Wildman–Crippen MR) is 96.5 cm³/mol. The lowest BCUT2D eigenvalue weighted by molar-refractivity contribution is -0.0679. The number of rotatable bonds is 2. The average molecular weight is 336 g/mol.